The fraction of sp³-hybridized carbons (Fsp3) is 0.188. The molecule has 2 nitrogen and oxygen atoms in total. The largest absolute Gasteiger partial charge is 0.416 e. The third-order valence-corrected chi connectivity index (χ3v) is 3.28. The molecule has 0 amide bonds. The van der Waals surface area contributed by atoms with Crippen LogP contribution in [-0.2, 0) is 6.18 Å². The summed E-state index contributed by atoms with van der Waals surface area (Å²) in [6.45, 7) is 1.63. The van der Waals surface area contributed by atoms with Gasteiger partial charge in [-0.05, 0) is 30.2 Å². The third-order valence-electron chi connectivity index (χ3n) is 3.28. The molecule has 0 unspecified atom stereocenters. The van der Waals surface area contributed by atoms with E-state index in [0.717, 1.165) is 17.7 Å². The molecule has 0 heterocycles. The summed E-state index contributed by atoms with van der Waals surface area (Å²) in [5, 5.41) is 12.2. The van der Waals surface area contributed by atoms with E-state index in [1.807, 2.05) is 30.3 Å². The van der Waals surface area contributed by atoms with E-state index in [1.165, 1.54) is 12.1 Å². The van der Waals surface area contributed by atoms with Gasteiger partial charge in [0, 0.05) is 0 Å². The molecular formula is C16H14F3NO. The highest BCUT2D eigenvalue weighted by Crippen LogP contribution is 2.32. The Kier molecular flexibility index (Phi) is 4.31. The molecule has 0 aliphatic carbocycles. The zero-order chi connectivity index (χ0) is 15.5. The van der Waals surface area contributed by atoms with Gasteiger partial charge in [-0.3, -0.25) is 0 Å². The Morgan fingerprint density at radius 1 is 0.952 bits per heavy atom. The Hall–Kier alpha value is -2.30. The molecule has 0 radical (unpaired) electrons. The van der Waals surface area contributed by atoms with Crippen LogP contribution >= 0.6 is 0 Å². The van der Waals surface area contributed by atoms with E-state index in [4.69, 9.17) is 5.21 Å². The molecular weight excluding hydrogens is 279 g/mol. The molecule has 1 N–H and O–H groups in total. The lowest BCUT2D eigenvalue weighted by molar-refractivity contribution is -0.137. The lowest BCUT2D eigenvalue weighted by atomic mass is 9.87. The van der Waals surface area contributed by atoms with E-state index in [-0.39, 0.29) is 5.92 Å². The molecule has 2 aromatic rings. The first kappa shape index (κ1) is 15.1. The molecule has 0 saturated heterocycles. The van der Waals surface area contributed by atoms with Crippen molar-refractivity contribution in [1.82, 2.24) is 0 Å². The van der Waals surface area contributed by atoms with Crippen LogP contribution in [0.25, 0.3) is 0 Å². The Morgan fingerprint density at radius 2 is 1.48 bits per heavy atom. The normalized spacial score (nSPS) is 14.0. The van der Waals surface area contributed by atoms with Crippen molar-refractivity contribution in [2.75, 3.05) is 0 Å². The van der Waals surface area contributed by atoms with Crippen molar-refractivity contribution in [2.24, 2.45) is 5.16 Å². The van der Waals surface area contributed by atoms with Gasteiger partial charge in [-0.2, -0.15) is 13.2 Å². The summed E-state index contributed by atoms with van der Waals surface area (Å²) < 4.78 is 37.8. The number of oxime groups is 1. The van der Waals surface area contributed by atoms with Crippen LogP contribution in [0.3, 0.4) is 0 Å². The van der Waals surface area contributed by atoms with Crippen LogP contribution in [0.2, 0.25) is 0 Å². The van der Waals surface area contributed by atoms with Gasteiger partial charge < -0.3 is 5.21 Å². The SMILES string of the molecule is C/C(=N/O)[C@H](c1ccccc1)c1ccc(C(F)(F)F)cc1. The Morgan fingerprint density at radius 3 is 1.95 bits per heavy atom. The van der Waals surface area contributed by atoms with E-state index < -0.39 is 11.7 Å². The zero-order valence-corrected chi connectivity index (χ0v) is 11.3. The highest BCUT2D eigenvalue weighted by molar-refractivity contribution is 5.91. The van der Waals surface area contributed by atoms with Crippen LogP contribution in [0.1, 0.15) is 29.5 Å². The molecule has 0 fully saturated rings. The summed E-state index contributed by atoms with van der Waals surface area (Å²) >= 11 is 0. The summed E-state index contributed by atoms with van der Waals surface area (Å²) in [7, 11) is 0. The van der Waals surface area contributed by atoms with Gasteiger partial charge in [0.15, 0.2) is 0 Å². The van der Waals surface area contributed by atoms with Gasteiger partial charge in [0.1, 0.15) is 0 Å². The molecule has 21 heavy (non-hydrogen) atoms. The van der Waals surface area contributed by atoms with Gasteiger partial charge in [0.05, 0.1) is 17.2 Å². The zero-order valence-electron chi connectivity index (χ0n) is 11.3. The van der Waals surface area contributed by atoms with Gasteiger partial charge in [0.25, 0.3) is 0 Å². The maximum Gasteiger partial charge on any atom is 0.416 e. The average Bonchev–Trinajstić information content (AvgIpc) is 2.48. The summed E-state index contributed by atoms with van der Waals surface area (Å²) in [6, 6.07) is 14.1. The lowest BCUT2D eigenvalue weighted by Crippen LogP contribution is -2.12. The number of hydrogen-bond donors (Lipinski definition) is 1. The van der Waals surface area contributed by atoms with Gasteiger partial charge in [-0.1, -0.05) is 47.6 Å². The number of rotatable bonds is 3. The molecule has 0 bridgehead atoms. The van der Waals surface area contributed by atoms with Crippen LogP contribution in [-0.4, -0.2) is 10.9 Å². The highest BCUT2D eigenvalue weighted by Gasteiger charge is 2.30. The van der Waals surface area contributed by atoms with Crippen molar-refractivity contribution in [2.45, 2.75) is 19.0 Å². The van der Waals surface area contributed by atoms with Crippen LogP contribution in [0.5, 0.6) is 0 Å². The topological polar surface area (TPSA) is 32.6 Å². The second-order valence-electron chi connectivity index (χ2n) is 4.70. The lowest BCUT2D eigenvalue weighted by Gasteiger charge is -2.17. The predicted octanol–water partition coefficient (Wildman–Crippen LogP) is 4.69. The molecule has 2 aromatic carbocycles. The van der Waals surface area contributed by atoms with E-state index in [9.17, 15) is 13.2 Å². The van der Waals surface area contributed by atoms with Crippen molar-refractivity contribution in [1.29, 1.82) is 0 Å². The monoisotopic (exact) mass is 293 g/mol. The second-order valence-corrected chi connectivity index (χ2v) is 4.70. The number of benzene rings is 2. The maximum atomic E-state index is 12.6. The molecule has 0 aliphatic rings. The first-order valence-corrected chi connectivity index (χ1v) is 6.34. The summed E-state index contributed by atoms with van der Waals surface area (Å²) in [4.78, 5) is 0. The van der Waals surface area contributed by atoms with Gasteiger partial charge in [-0.25, -0.2) is 0 Å². The quantitative estimate of drug-likeness (QED) is 0.497. The molecule has 0 aromatic heterocycles. The minimum Gasteiger partial charge on any atom is -0.411 e. The standard InChI is InChI=1S/C16H14F3NO/c1-11(20-21)15(12-5-3-2-4-6-12)13-7-9-14(10-8-13)16(17,18)19/h2-10,15,21H,1H3/b20-11-/t15-/m1/s1. The van der Waals surface area contributed by atoms with E-state index in [0.29, 0.717) is 11.3 Å². The van der Waals surface area contributed by atoms with Crippen LogP contribution in [0.15, 0.2) is 59.8 Å². The van der Waals surface area contributed by atoms with E-state index in [2.05, 4.69) is 5.16 Å². The highest BCUT2D eigenvalue weighted by atomic mass is 19.4. The summed E-state index contributed by atoms with van der Waals surface area (Å²) in [5.74, 6) is -0.376. The molecule has 0 saturated carbocycles. The average molecular weight is 293 g/mol. The Bertz CT molecular complexity index is 618. The maximum absolute atomic E-state index is 12.6. The Labute approximate surface area is 120 Å². The van der Waals surface area contributed by atoms with Crippen molar-refractivity contribution < 1.29 is 18.4 Å². The molecule has 2 rings (SSSR count). The van der Waals surface area contributed by atoms with E-state index >= 15 is 0 Å². The second kappa shape index (κ2) is 5.99. The van der Waals surface area contributed by atoms with Gasteiger partial charge in [-0.15, -0.1) is 0 Å². The summed E-state index contributed by atoms with van der Waals surface area (Å²) in [6.07, 6.45) is -4.36. The number of halogens is 3. The fourth-order valence-electron chi connectivity index (χ4n) is 2.24. The predicted molar refractivity (Wildman–Crippen MR) is 74.6 cm³/mol. The molecule has 5 heteroatoms. The fourth-order valence-corrected chi connectivity index (χ4v) is 2.24. The van der Waals surface area contributed by atoms with Gasteiger partial charge >= 0.3 is 6.18 Å². The first-order chi connectivity index (χ1) is 9.93. The number of hydrogen-bond acceptors (Lipinski definition) is 2. The van der Waals surface area contributed by atoms with Crippen molar-refractivity contribution >= 4 is 5.71 Å². The van der Waals surface area contributed by atoms with E-state index in [1.54, 1.807) is 6.92 Å². The Balaban J connectivity index is 2.44. The molecule has 110 valence electrons. The van der Waals surface area contributed by atoms with Crippen molar-refractivity contribution in [3.63, 3.8) is 0 Å². The first-order valence-electron chi connectivity index (χ1n) is 6.34. The minimum atomic E-state index is -4.36. The van der Waals surface area contributed by atoms with Crippen molar-refractivity contribution in [3.8, 4) is 0 Å². The van der Waals surface area contributed by atoms with Crippen molar-refractivity contribution in [3.05, 3.63) is 71.3 Å². The minimum absolute atomic E-state index is 0.376. The van der Waals surface area contributed by atoms with Crippen LogP contribution < -0.4 is 0 Å². The smallest absolute Gasteiger partial charge is 0.411 e. The molecule has 0 aliphatic heterocycles. The number of alkyl halides is 3. The van der Waals surface area contributed by atoms with Crippen LogP contribution in [0.4, 0.5) is 13.2 Å². The number of nitrogens with zero attached hydrogens (tertiary/aromatic N) is 1. The summed E-state index contributed by atoms with van der Waals surface area (Å²) in [5.41, 5.74) is 1.22. The van der Waals surface area contributed by atoms with Gasteiger partial charge in [0.2, 0.25) is 0 Å². The van der Waals surface area contributed by atoms with Crippen LogP contribution in [0, 0.1) is 0 Å². The third kappa shape index (κ3) is 3.42. The molecule has 0 spiro atoms. The molecule has 1 atom stereocenters.